The minimum Gasteiger partial charge on any atom is -0.480 e. The van der Waals surface area contributed by atoms with Gasteiger partial charge in [0.05, 0.1) is 6.61 Å². The molecule has 2 saturated carbocycles. The van der Waals surface area contributed by atoms with Crippen molar-refractivity contribution < 1.29 is 14.6 Å². The number of nitrogens with zero attached hydrogens (tertiary/aromatic N) is 1. The first-order valence-electron chi connectivity index (χ1n) is 6.77. The molecular weight excluding hydrogens is 232 g/mol. The third-order valence-corrected chi connectivity index (χ3v) is 3.89. The molecule has 104 valence electrons. The summed E-state index contributed by atoms with van der Waals surface area (Å²) in [5, 5.41) is 13.1. The Kier molecular flexibility index (Phi) is 4.25. The van der Waals surface area contributed by atoms with Crippen LogP contribution in [0.25, 0.3) is 0 Å². The fraction of sp³-hybridized carbons (Fsp3) is 0.923. The monoisotopic (exact) mass is 256 g/mol. The summed E-state index contributed by atoms with van der Waals surface area (Å²) in [7, 11) is 3.63. The van der Waals surface area contributed by atoms with Gasteiger partial charge in [-0.1, -0.05) is 0 Å². The zero-order chi connectivity index (χ0) is 13.2. The van der Waals surface area contributed by atoms with Crippen LogP contribution >= 0.6 is 0 Å². The zero-order valence-electron chi connectivity index (χ0n) is 11.3. The van der Waals surface area contributed by atoms with Gasteiger partial charge in [-0.15, -0.1) is 0 Å². The minimum atomic E-state index is -0.746. The van der Waals surface area contributed by atoms with Crippen LogP contribution in [0.15, 0.2) is 0 Å². The minimum absolute atomic E-state index is 0.292. The molecule has 2 aliphatic rings. The molecule has 2 aliphatic carbocycles. The lowest BCUT2D eigenvalue weighted by molar-refractivity contribution is -0.147. The molecule has 2 N–H and O–H groups in total. The van der Waals surface area contributed by atoms with Gasteiger partial charge in [-0.3, -0.25) is 10.1 Å². The molecule has 0 bridgehead atoms. The van der Waals surface area contributed by atoms with E-state index < -0.39 is 11.5 Å². The molecule has 0 aromatic rings. The summed E-state index contributed by atoms with van der Waals surface area (Å²) in [6.07, 6.45) is 4.29. The van der Waals surface area contributed by atoms with Crippen molar-refractivity contribution in [3.8, 4) is 0 Å². The molecule has 2 rings (SSSR count). The summed E-state index contributed by atoms with van der Waals surface area (Å²) in [5.41, 5.74) is -0.746. The molecule has 0 heterocycles. The van der Waals surface area contributed by atoms with Gasteiger partial charge in [-0.2, -0.15) is 0 Å². The maximum absolute atomic E-state index is 11.8. The molecule has 0 spiro atoms. The number of carboxylic acids is 1. The second kappa shape index (κ2) is 5.55. The molecule has 18 heavy (non-hydrogen) atoms. The van der Waals surface area contributed by atoms with E-state index in [2.05, 4.69) is 10.2 Å². The predicted octanol–water partition coefficient (Wildman–Crippen LogP) is 0.550. The molecule has 5 heteroatoms. The van der Waals surface area contributed by atoms with Crippen molar-refractivity contribution in [1.29, 1.82) is 0 Å². The van der Waals surface area contributed by atoms with Crippen LogP contribution in [-0.4, -0.2) is 61.4 Å². The number of ether oxygens (including phenoxy) is 1. The van der Waals surface area contributed by atoms with Crippen LogP contribution < -0.4 is 5.32 Å². The normalized spacial score (nSPS) is 23.1. The van der Waals surface area contributed by atoms with E-state index >= 15 is 0 Å². The molecule has 0 amide bonds. The number of methoxy groups -OCH3 is 1. The number of carbonyl (C=O) groups is 1. The average molecular weight is 256 g/mol. The van der Waals surface area contributed by atoms with Crippen molar-refractivity contribution in [2.75, 3.05) is 33.9 Å². The highest BCUT2D eigenvalue weighted by molar-refractivity contribution is 5.80. The lowest BCUT2D eigenvalue weighted by Gasteiger charge is -2.35. The van der Waals surface area contributed by atoms with Crippen molar-refractivity contribution in [3.05, 3.63) is 0 Å². The molecule has 1 unspecified atom stereocenters. The van der Waals surface area contributed by atoms with Crippen molar-refractivity contribution in [2.24, 2.45) is 5.92 Å². The summed E-state index contributed by atoms with van der Waals surface area (Å²) < 4.78 is 5.05. The third kappa shape index (κ3) is 3.22. The van der Waals surface area contributed by atoms with Crippen molar-refractivity contribution >= 4 is 5.97 Å². The van der Waals surface area contributed by atoms with Crippen molar-refractivity contribution in [2.45, 2.75) is 37.3 Å². The van der Waals surface area contributed by atoms with E-state index in [1.54, 1.807) is 7.11 Å². The Morgan fingerprint density at radius 1 is 1.44 bits per heavy atom. The van der Waals surface area contributed by atoms with Gasteiger partial charge in [0.25, 0.3) is 0 Å². The van der Waals surface area contributed by atoms with Gasteiger partial charge in [0.15, 0.2) is 0 Å². The smallest absolute Gasteiger partial charge is 0.325 e. The van der Waals surface area contributed by atoms with Gasteiger partial charge in [0.2, 0.25) is 0 Å². The van der Waals surface area contributed by atoms with Gasteiger partial charge >= 0.3 is 5.97 Å². The first-order valence-corrected chi connectivity index (χ1v) is 6.77. The Balaban J connectivity index is 1.99. The van der Waals surface area contributed by atoms with E-state index in [9.17, 15) is 9.90 Å². The summed E-state index contributed by atoms with van der Waals surface area (Å²) in [5.74, 6) is -0.401. The number of hydrogen-bond donors (Lipinski definition) is 2. The predicted molar refractivity (Wildman–Crippen MR) is 68.6 cm³/mol. The Morgan fingerprint density at radius 3 is 2.56 bits per heavy atom. The summed E-state index contributed by atoms with van der Waals surface area (Å²) in [6, 6.07) is 0.414. The standard InChI is InChI=1S/C13H24N2O3/c1-15(7-8-18-2)9-13(12(16)17,10-3-4-10)14-11-5-6-11/h10-11,14H,3-9H2,1-2H3,(H,16,17). The number of nitrogens with one attached hydrogen (secondary N) is 1. The van der Waals surface area contributed by atoms with Crippen LogP contribution in [0.5, 0.6) is 0 Å². The van der Waals surface area contributed by atoms with Gasteiger partial charge in [-0.05, 0) is 38.6 Å². The van der Waals surface area contributed by atoms with E-state index in [4.69, 9.17) is 4.74 Å². The van der Waals surface area contributed by atoms with Gasteiger partial charge in [0, 0.05) is 26.2 Å². The second-order valence-corrected chi connectivity index (χ2v) is 5.70. The van der Waals surface area contributed by atoms with Gasteiger partial charge < -0.3 is 14.7 Å². The van der Waals surface area contributed by atoms with Gasteiger partial charge in [0.1, 0.15) is 5.54 Å². The van der Waals surface area contributed by atoms with E-state index in [1.807, 2.05) is 7.05 Å². The highest BCUT2D eigenvalue weighted by Gasteiger charge is 2.53. The average Bonchev–Trinajstić information content (AvgIpc) is 3.14. The Bertz CT molecular complexity index is 303. The lowest BCUT2D eigenvalue weighted by Crippen LogP contribution is -2.61. The fourth-order valence-corrected chi connectivity index (χ4v) is 2.52. The highest BCUT2D eigenvalue weighted by Crippen LogP contribution is 2.42. The third-order valence-electron chi connectivity index (χ3n) is 3.89. The lowest BCUT2D eigenvalue weighted by atomic mass is 9.92. The molecule has 0 aliphatic heterocycles. The second-order valence-electron chi connectivity index (χ2n) is 5.70. The van der Waals surface area contributed by atoms with Crippen LogP contribution in [-0.2, 0) is 9.53 Å². The molecule has 0 aromatic heterocycles. The van der Waals surface area contributed by atoms with E-state index in [0.29, 0.717) is 25.1 Å². The highest BCUT2D eigenvalue weighted by atomic mass is 16.5. The van der Waals surface area contributed by atoms with Crippen LogP contribution in [0.2, 0.25) is 0 Å². The number of aliphatic carboxylic acids is 1. The molecule has 2 fully saturated rings. The number of carboxylic acid groups (broad SMARTS) is 1. The van der Waals surface area contributed by atoms with E-state index in [-0.39, 0.29) is 0 Å². The van der Waals surface area contributed by atoms with E-state index in [1.165, 1.54) is 0 Å². The summed E-state index contributed by atoms with van der Waals surface area (Å²) in [6.45, 7) is 1.97. The SMILES string of the molecule is COCCN(C)CC(NC1CC1)(C(=O)O)C1CC1. The number of likely N-dealkylation sites (N-methyl/N-ethyl adjacent to an activating group) is 1. The topological polar surface area (TPSA) is 61.8 Å². The summed E-state index contributed by atoms with van der Waals surface area (Å²) >= 11 is 0. The quantitative estimate of drug-likeness (QED) is 0.631. The first kappa shape index (κ1) is 13.8. The van der Waals surface area contributed by atoms with Crippen LogP contribution in [0.4, 0.5) is 0 Å². The Hall–Kier alpha value is -0.650. The summed E-state index contributed by atoms with van der Waals surface area (Å²) in [4.78, 5) is 13.8. The maximum Gasteiger partial charge on any atom is 0.325 e. The van der Waals surface area contributed by atoms with Crippen molar-refractivity contribution in [3.63, 3.8) is 0 Å². The maximum atomic E-state index is 11.8. The largest absolute Gasteiger partial charge is 0.480 e. The van der Waals surface area contributed by atoms with E-state index in [0.717, 1.165) is 32.2 Å². The number of rotatable bonds is 9. The van der Waals surface area contributed by atoms with Crippen LogP contribution in [0.3, 0.4) is 0 Å². The van der Waals surface area contributed by atoms with Crippen LogP contribution in [0.1, 0.15) is 25.7 Å². The fourth-order valence-electron chi connectivity index (χ4n) is 2.52. The molecule has 0 saturated heterocycles. The Labute approximate surface area is 108 Å². The molecule has 0 radical (unpaired) electrons. The van der Waals surface area contributed by atoms with Crippen molar-refractivity contribution in [1.82, 2.24) is 10.2 Å². The molecule has 0 aromatic carbocycles. The van der Waals surface area contributed by atoms with Crippen LogP contribution in [0, 0.1) is 5.92 Å². The number of hydrogen-bond acceptors (Lipinski definition) is 4. The Morgan fingerprint density at radius 2 is 2.11 bits per heavy atom. The molecule has 5 nitrogen and oxygen atoms in total. The molecule has 1 atom stereocenters. The first-order chi connectivity index (χ1) is 8.58. The molecular formula is C13H24N2O3. The van der Waals surface area contributed by atoms with Gasteiger partial charge in [-0.25, -0.2) is 0 Å². The zero-order valence-corrected chi connectivity index (χ0v) is 11.3.